The summed E-state index contributed by atoms with van der Waals surface area (Å²) in [6, 6.07) is 9.30. The molecule has 2 amide bonds. The van der Waals surface area contributed by atoms with Crippen LogP contribution >= 0.6 is 0 Å². The summed E-state index contributed by atoms with van der Waals surface area (Å²) in [7, 11) is 0. The smallest absolute Gasteiger partial charge is 0.410 e. The number of hydrogen-bond acceptors (Lipinski definition) is 4. The Balaban J connectivity index is 1.92. The lowest BCUT2D eigenvalue weighted by molar-refractivity contribution is -0.0160. The summed E-state index contributed by atoms with van der Waals surface area (Å²) in [5, 5.41) is 0. The lowest BCUT2D eigenvalue weighted by Gasteiger charge is -2.43. The lowest BCUT2D eigenvalue weighted by Crippen LogP contribution is -2.60. The number of ether oxygens (including phenoxy) is 2. The molecular weight excluding hydrogens is 320 g/mol. The number of amides is 2. The number of nitrogens with zero attached hydrogens (tertiary/aromatic N) is 2. The molecule has 25 heavy (non-hydrogen) atoms. The second-order valence-electron chi connectivity index (χ2n) is 7.53. The van der Waals surface area contributed by atoms with Crippen molar-refractivity contribution in [1.29, 1.82) is 0 Å². The van der Waals surface area contributed by atoms with Gasteiger partial charge in [-0.25, -0.2) is 9.59 Å². The summed E-state index contributed by atoms with van der Waals surface area (Å²) >= 11 is 0. The maximum Gasteiger partial charge on any atom is 0.410 e. The standard InChI is InChI=1S/C19H28N2O4/c1-14-11-20(17(22)24-13-16-9-7-6-8-10-16)12-15(2)21(14)18(23)25-19(3,4)5/h6-10,14-15H,11-13H2,1-5H3/t14-,15+. The quantitative estimate of drug-likeness (QED) is 0.818. The van der Waals surface area contributed by atoms with E-state index >= 15 is 0 Å². The van der Waals surface area contributed by atoms with Gasteiger partial charge in [-0.2, -0.15) is 0 Å². The molecule has 2 rings (SSSR count). The zero-order valence-corrected chi connectivity index (χ0v) is 15.7. The minimum Gasteiger partial charge on any atom is -0.445 e. The van der Waals surface area contributed by atoms with Crippen LogP contribution in [-0.2, 0) is 16.1 Å². The Morgan fingerprint density at radius 2 is 1.60 bits per heavy atom. The van der Waals surface area contributed by atoms with Crippen LogP contribution in [0.1, 0.15) is 40.2 Å². The third-order valence-electron chi connectivity index (χ3n) is 3.99. The van der Waals surface area contributed by atoms with Crippen LogP contribution < -0.4 is 0 Å². The van der Waals surface area contributed by atoms with Crippen molar-refractivity contribution in [2.24, 2.45) is 0 Å². The molecule has 1 aliphatic rings. The van der Waals surface area contributed by atoms with Crippen LogP contribution in [0.3, 0.4) is 0 Å². The molecule has 0 aromatic heterocycles. The molecular formula is C19H28N2O4. The summed E-state index contributed by atoms with van der Waals surface area (Å²) in [6.07, 6.45) is -0.698. The molecule has 2 atom stereocenters. The lowest BCUT2D eigenvalue weighted by atomic mass is 10.1. The molecule has 138 valence electrons. The van der Waals surface area contributed by atoms with Crippen LogP contribution in [0.2, 0.25) is 0 Å². The van der Waals surface area contributed by atoms with Gasteiger partial charge < -0.3 is 14.4 Å². The fourth-order valence-electron chi connectivity index (χ4n) is 2.96. The van der Waals surface area contributed by atoms with E-state index in [2.05, 4.69) is 0 Å². The number of carbonyl (C=O) groups is 2. The van der Waals surface area contributed by atoms with Gasteiger partial charge in [-0.15, -0.1) is 0 Å². The van der Waals surface area contributed by atoms with Crippen LogP contribution in [0.15, 0.2) is 30.3 Å². The van der Waals surface area contributed by atoms with Gasteiger partial charge in [0.1, 0.15) is 12.2 Å². The Morgan fingerprint density at radius 1 is 1.04 bits per heavy atom. The van der Waals surface area contributed by atoms with Gasteiger partial charge in [0.15, 0.2) is 0 Å². The van der Waals surface area contributed by atoms with Crippen molar-refractivity contribution in [3.05, 3.63) is 35.9 Å². The Kier molecular flexibility index (Phi) is 5.93. The van der Waals surface area contributed by atoms with Crippen LogP contribution in [0.25, 0.3) is 0 Å². The molecule has 0 unspecified atom stereocenters. The molecule has 1 saturated heterocycles. The Labute approximate surface area is 149 Å². The van der Waals surface area contributed by atoms with Gasteiger partial charge in [-0.3, -0.25) is 4.90 Å². The number of rotatable bonds is 2. The monoisotopic (exact) mass is 348 g/mol. The van der Waals surface area contributed by atoms with Crippen molar-refractivity contribution in [2.75, 3.05) is 13.1 Å². The van der Waals surface area contributed by atoms with E-state index in [0.29, 0.717) is 13.1 Å². The van der Waals surface area contributed by atoms with Crippen molar-refractivity contribution >= 4 is 12.2 Å². The highest BCUT2D eigenvalue weighted by molar-refractivity contribution is 5.71. The molecule has 0 bridgehead atoms. The SMILES string of the molecule is C[C@@H]1CN(C(=O)OCc2ccccc2)C[C@H](C)N1C(=O)OC(C)(C)C. The maximum absolute atomic E-state index is 12.4. The molecule has 1 heterocycles. The van der Waals surface area contributed by atoms with Gasteiger partial charge in [0.25, 0.3) is 0 Å². The van der Waals surface area contributed by atoms with Crippen molar-refractivity contribution in [2.45, 2.75) is 58.9 Å². The van der Waals surface area contributed by atoms with Crippen molar-refractivity contribution in [1.82, 2.24) is 9.80 Å². The molecule has 1 aliphatic heterocycles. The predicted molar refractivity (Wildman–Crippen MR) is 95.2 cm³/mol. The average Bonchev–Trinajstić information content (AvgIpc) is 2.51. The van der Waals surface area contributed by atoms with Gasteiger partial charge >= 0.3 is 12.2 Å². The summed E-state index contributed by atoms with van der Waals surface area (Å²) in [5.41, 5.74) is 0.409. The van der Waals surface area contributed by atoms with Gasteiger partial charge in [0.2, 0.25) is 0 Å². The molecule has 6 heteroatoms. The number of hydrogen-bond donors (Lipinski definition) is 0. The highest BCUT2D eigenvalue weighted by Gasteiger charge is 2.37. The van der Waals surface area contributed by atoms with E-state index in [1.54, 1.807) is 9.80 Å². The van der Waals surface area contributed by atoms with Gasteiger partial charge in [0.05, 0.1) is 12.1 Å². The number of benzene rings is 1. The third kappa shape index (κ3) is 5.37. The normalized spacial score (nSPS) is 21.0. The number of piperazine rings is 1. The zero-order valence-electron chi connectivity index (χ0n) is 15.7. The highest BCUT2D eigenvalue weighted by atomic mass is 16.6. The molecule has 6 nitrogen and oxygen atoms in total. The van der Waals surface area contributed by atoms with E-state index in [4.69, 9.17) is 9.47 Å². The second-order valence-corrected chi connectivity index (χ2v) is 7.53. The minimum absolute atomic E-state index is 0.136. The Bertz CT molecular complexity index is 585. The predicted octanol–water partition coefficient (Wildman–Crippen LogP) is 3.65. The molecule has 1 aromatic carbocycles. The Hall–Kier alpha value is -2.24. The van der Waals surface area contributed by atoms with E-state index in [1.807, 2.05) is 65.0 Å². The van der Waals surface area contributed by atoms with Gasteiger partial charge in [0, 0.05) is 13.1 Å². The summed E-state index contributed by atoms with van der Waals surface area (Å²) in [5.74, 6) is 0. The first-order valence-electron chi connectivity index (χ1n) is 8.64. The topological polar surface area (TPSA) is 59.1 Å². The van der Waals surface area contributed by atoms with E-state index in [1.165, 1.54) is 0 Å². The first-order chi connectivity index (χ1) is 11.7. The largest absolute Gasteiger partial charge is 0.445 e. The van der Waals surface area contributed by atoms with Crippen molar-refractivity contribution in [3.8, 4) is 0 Å². The Morgan fingerprint density at radius 3 is 2.12 bits per heavy atom. The highest BCUT2D eigenvalue weighted by Crippen LogP contribution is 2.20. The summed E-state index contributed by atoms with van der Waals surface area (Å²) in [6.45, 7) is 10.5. The summed E-state index contributed by atoms with van der Waals surface area (Å²) < 4.78 is 10.9. The molecule has 1 fully saturated rings. The first kappa shape index (κ1) is 19.1. The first-order valence-corrected chi connectivity index (χ1v) is 8.64. The van der Waals surface area contributed by atoms with E-state index in [0.717, 1.165) is 5.56 Å². The minimum atomic E-state index is -0.539. The molecule has 0 aliphatic carbocycles. The van der Waals surface area contributed by atoms with Crippen LogP contribution in [0, 0.1) is 0 Å². The van der Waals surface area contributed by atoms with Crippen LogP contribution in [0.4, 0.5) is 9.59 Å². The van der Waals surface area contributed by atoms with Crippen LogP contribution in [0.5, 0.6) is 0 Å². The van der Waals surface area contributed by atoms with Gasteiger partial charge in [-0.05, 0) is 40.2 Å². The van der Waals surface area contributed by atoms with Crippen molar-refractivity contribution < 1.29 is 19.1 Å². The van der Waals surface area contributed by atoms with E-state index in [9.17, 15) is 9.59 Å². The molecule has 1 aromatic rings. The zero-order chi connectivity index (χ0) is 18.6. The second kappa shape index (κ2) is 7.76. The van der Waals surface area contributed by atoms with E-state index < -0.39 is 5.60 Å². The van der Waals surface area contributed by atoms with Gasteiger partial charge in [-0.1, -0.05) is 30.3 Å². The number of carbonyl (C=O) groups excluding carboxylic acids is 2. The maximum atomic E-state index is 12.4. The third-order valence-corrected chi connectivity index (χ3v) is 3.99. The van der Waals surface area contributed by atoms with Crippen LogP contribution in [-0.4, -0.2) is 52.8 Å². The average molecular weight is 348 g/mol. The molecule has 0 N–H and O–H groups in total. The molecule has 0 saturated carbocycles. The fraction of sp³-hybridized carbons (Fsp3) is 0.579. The molecule has 0 spiro atoms. The van der Waals surface area contributed by atoms with E-state index in [-0.39, 0.29) is 30.9 Å². The molecule has 0 radical (unpaired) electrons. The van der Waals surface area contributed by atoms with Crippen molar-refractivity contribution in [3.63, 3.8) is 0 Å². The fourth-order valence-corrected chi connectivity index (χ4v) is 2.96. The summed E-state index contributed by atoms with van der Waals surface area (Å²) in [4.78, 5) is 28.1.